The van der Waals surface area contributed by atoms with Crippen molar-refractivity contribution in [2.75, 3.05) is 13.7 Å². The molecule has 3 aromatic rings. The fraction of sp³-hybridized carbons (Fsp3) is 0.278. The first-order valence-electron chi connectivity index (χ1n) is 8.31. The van der Waals surface area contributed by atoms with E-state index in [1.807, 2.05) is 24.3 Å². The number of nitrogens with zero attached hydrogens (tertiary/aromatic N) is 4. The Labute approximate surface area is 155 Å². The topological polar surface area (TPSA) is 119 Å². The van der Waals surface area contributed by atoms with Gasteiger partial charge in [-0.2, -0.15) is 0 Å². The minimum Gasteiger partial charge on any atom is -0.480 e. The molecule has 2 aromatic heterocycles. The molecule has 2 heterocycles. The van der Waals surface area contributed by atoms with Crippen molar-refractivity contribution in [3.63, 3.8) is 0 Å². The first-order valence-corrected chi connectivity index (χ1v) is 8.31. The number of aromatic nitrogens is 4. The van der Waals surface area contributed by atoms with Gasteiger partial charge in [0, 0.05) is 43.3 Å². The first-order chi connectivity index (χ1) is 13.0. The van der Waals surface area contributed by atoms with Crippen molar-refractivity contribution in [3.05, 3.63) is 48.0 Å². The fourth-order valence-electron chi connectivity index (χ4n) is 2.78. The number of nitrogens with one attached hydrogen (secondary N) is 1. The van der Waals surface area contributed by atoms with Crippen LogP contribution in [0.25, 0.3) is 16.5 Å². The van der Waals surface area contributed by atoms with Gasteiger partial charge in [-0.3, -0.25) is 9.78 Å². The zero-order chi connectivity index (χ0) is 19.4. The van der Waals surface area contributed by atoms with E-state index in [-0.39, 0.29) is 18.7 Å². The Morgan fingerprint density at radius 3 is 2.89 bits per heavy atom. The first kappa shape index (κ1) is 18.5. The second-order valence-corrected chi connectivity index (χ2v) is 5.95. The highest BCUT2D eigenvalue weighted by molar-refractivity contribution is 5.96. The van der Waals surface area contributed by atoms with Crippen LogP contribution in [0.1, 0.15) is 22.6 Å². The number of rotatable bonds is 7. The number of fused-ring (bicyclic) bond motifs is 1. The molecule has 140 valence electrons. The predicted molar refractivity (Wildman–Crippen MR) is 96.8 cm³/mol. The number of carboxylic acids is 1. The van der Waals surface area contributed by atoms with E-state index < -0.39 is 17.9 Å². The van der Waals surface area contributed by atoms with Crippen molar-refractivity contribution in [1.82, 2.24) is 25.3 Å². The van der Waals surface area contributed by atoms with Crippen LogP contribution in [0, 0.1) is 6.92 Å². The Hall–Kier alpha value is -3.33. The second kappa shape index (κ2) is 7.92. The predicted octanol–water partition coefficient (Wildman–Crippen LogP) is 1.34. The van der Waals surface area contributed by atoms with Crippen molar-refractivity contribution < 1.29 is 19.4 Å². The third kappa shape index (κ3) is 3.77. The van der Waals surface area contributed by atoms with Crippen LogP contribution in [-0.4, -0.2) is 56.7 Å². The number of carboxylic acid groups (broad SMARTS) is 1. The summed E-state index contributed by atoms with van der Waals surface area (Å²) in [6.07, 6.45) is 3.58. The zero-order valence-electron chi connectivity index (χ0n) is 14.9. The largest absolute Gasteiger partial charge is 0.480 e. The van der Waals surface area contributed by atoms with Gasteiger partial charge in [0.25, 0.3) is 5.91 Å². The van der Waals surface area contributed by atoms with E-state index >= 15 is 0 Å². The van der Waals surface area contributed by atoms with Crippen molar-refractivity contribution in [3.8, 4) is 5.69 Å². The lowest BCUT2D eigenvalue weighted by Gasteiger charge is -2.13. The van der Waals surface area contributed by atoms with Gasteiger partial charge in [0.1, 0.15) is 6.04 Å². The molecule has 0 bridgehead atoms. The van der Waals surface area contributed by atoms with Crippen LogP contribution in [0.4, 0.5) is 0 Å². The van der Waals surface area contributed by atoms with Gasteiger partial charge in [-0.15, -0.1) is 5.10 Å². The van der Waals surface area contributed by atoms with Crippen LogP contribution < -0.4 is 5.32 Å². The molecule has 1 aromatic carbocycles. The number of ether oxygens (including phenoxy) is 1. The van der Waals surface area contributed by atoms with E-state index in [2.05, 4.69) is 20.6 Å². The highest BCUT2D eigenvalue weighted by Crippen LogP contribution is 2.22. The number of methoxy groups -OCH3 is 1. The third-order valence-corrected chi connectivity index (χ3v) is 4.21. The lowest BCUT2D eigenvalue weighted by Crippen LogP contribution is -2.41. The van der Waals surface area contributed by atoms with Gasteiger partial charge >= 0.3 is 5.97 Å². The molecule has 0 saturated carbocycles. The van der Waals surface area contributed by atoms with Crippen LogP contribution in [0.5, 0.6) is 0 Å². The number of aliphatic carboxylic acids is 1. The van der Waals surface area contributed by atoms with Crippen molar-refractivity contribution >= 4 is 22.6 Å². The minimum absolute atomic E-state index is 0.0738. The van der Waals surface area contributed by atoms with Gasteiger partial charge in [0.05, 0.1) is 11.4 Å². The lowest BCUT2D eigenvalue weighted by molar-refractivity contribution is -0.139. The number of carbonyl (C=O) groups excluding carboxylic acids is 1. The Morgan fingerprint density at radius 1 is 1.33 bits per heavy atom. The lowest BCUT2D eigenvalue weighted by atomic mass is 10.1. The van der Waals surface area contributed by atoms with E-state index in [9.17, 15) is 14.7 Å². The number of carbonyl (C=O) groups is 2. The molecule has 2 N–H and O–H groups in total. The molecule has 0 aliphatic heterocycles. The molecule has 1 unspecified atom stereocenters. The van der Waals surface area contributed by atoms with Gasteiger partial charge in [-0.1, -0.05) is 17.3 Å². The summed E-state index contributed by atoms with van der Waals surface area (Å²) < 4.78 is 6.44. The summed E-state index contributed by atoms with van der Waals surface area (Å²) in [5, 5.41) is 21.6. The van der Waals surface area contributed by atoms with E-state index in [1.54, 1.807) is 24.0 Å². The molecular formula is C18H19N5O4. The number of hydrogen-bond donors (Lipinski definition) is 2. The standard InChI is InChI=1S/C18H19N5O4/c1-11-16(17(24)20-14(18(25)26)7-9-27-2)21-22-23(11)15-5-3-4-12-10-19-8-6-13(12)15/h3-6,8,10,14H,7,9H2,1-2H3,(H,20,24)(H,25,26). The average Bonchev–Trinajstić information content (AvgIpc) is 3.05. The zero-order valence-corrected chi connectivity index (χ0v) is 14.9. The molecule has 1 amide bonds. The van der Waals surface area contributed by atoms with Crippen LogP contribution >= 0.6 is 0 Å². The fourth-order valence-corrected chi connectivity index (χ4v) is 2.78. The van der Waals surface area contributed by atoms with Gasteiger partial charge in [-0.25, -0.2) is 9.48 Å². The molecule has 9 heteroatoms. The molecule has 0 radical (unpaired) electrons. The Morgan fingerprint density at radius 2 is 2.15 bits per heavy atom. The van der Waals surface area contributed by atoms with Crippen molar-refractivity contribution in [1.29, 1.82) is 0 Å². The summed E-state index contributed by atoms with van der Waals surface area (Å²) in [4.78, 5) is 27.9. The number of benzene rings is 1. The van der Waals surface area contributed by atoms with Crippen molar-refractivity contribution in [2.24, 2.45) is 0 Å². The van der Waals surface area contributed by atoms with E-state index in [1.165, 1.54) is 7.11 Å². The molecule has 0 saturated heterocycles. The molecule has 1 atom stereocenters. The molecule has 9 nitrogen and oxygen atoms in total. The highest BCUT2D eigenvalue weighted by atomic mass is 16.5. The van der Waals surface area contributed by atoms with E-state index in [4.69, 9.17) is 4.74 Å². The Kier molecular flexibility index (Phi) is 5.41. The second-order valence-electron chi connectivity index (χ2n) is 5.95. The van der Waals surface area contributed by atoms with Crippen LogP contribution in [0.15, 0.2) is 36.7 Å². The molecule has 0 aliphatic rings. The number of pyridine rings is 1. The van der Waals surface area contributed by atoms with Gasteiger partial charge in [0.2, 0.25) is 0 Å². The SMILES string of the molecule is COCCC(NC(=O)c1nnn(-c2cccc3cnccc23)c1C)C(=O)O. The van der Waals surface area contributed by atoms with Gasteiger partial charge in [0.15, 0.2) is 5.69 Å². The third-order valence-electron chi connectivity index (χ3n) is 4.21. The Bertz CT molecular complexity index is 980. The van der Waals surface area contributed by atoms with Crippen LogP contribution in [-0.2, 0) is 9.53 Å². The summed E-state index contributed by atoms with van der Waals surface area (Å²) in [6.45, 7) is 1.92. The summed E-state index contributed by atoms with van der Waals surface area (Å²) >= 11 is 0. The molecule has 0 spiro atoms. The monoisotopic (exact) mass is 369 g/mol. The molecule has 0 fully saturated rings. The minimum atomic E-state index is -1.13. The smallest absolute Gasteiger partial charge is 0.326 e. The number of hydrogen-bond acceptors (Lipinski definition) is 6. The van der Waals surface area contributed by atoms with E-state index in [0.29, 0.717) is 5.69 Å². The van der Waals surface area contributed by atoms with Gasteiger partial charge < -0.3 is 15.2 Å². The summed E-state index contributed by atoms with van der Waals surface area (Å²) in [6, 6.07) is 6.46. The van der Waals surface area contributed by atoms with Crippen LogP contribution in [0.2, 0.25) is 0 Å². The molecular weight excluding hydrogens is 350 g/mol. The van der Waals surface area contributed by atoms with Crippen molar-refractivity contribution in [2.45, 2.75) is 19.4 Å². The average molecular weight is 369 g/mol. The summed E-state index contributed by atoms with van der Waals surface area (Å²) in [7, 11) is 1.47. The van der Waals surface area contributed by atoms with Crippen LogP contribution in [0.3, 0.4) is 0 Å². The summed E-state index contributed by atoms with van der Waals surface area (Å²) in [5.41, 5.74) is 1.34. The molecule has 27 heavy (non-hydrogen) atoms. The quantitative estimate of drug-likeness (QED) is 0.645. The molecule has 0 aliphatic carbocycles. The highest BCUT2D eigenvalue weighted by Gasteiger charge is 2.24. The van der Waals surface area contributed by atoms with Gasteiger partial charge in [-0.05, 0) is 19.1 Å². The number of amides is 1. The Balaban J connectivity index is 1.90. The normalized spacial score (nSPS) is 12.1. The summed E-state index contributed by atoms with van der Waals surface area (Å²) in [5.74, 6) is -1.73. The maximum atomic E-state index is 12.5. The maximum Gasteiger partial charge on any atom is 0.326 e. The molecule has 3 rings (SSSR count). The maximum absolute atomic E-state index is 12.5. The van der Waals surface area contributed by atoms with E-state index in [0.717, 1.165) is 16.5 Å².